The molecule has 2 aromatic rings. The molecule has 1 atom stereocenters. The minimum absolute atomic E-state index is 0.0492. The van der Waals surface area contributed by atoms with Crippen molar-refractivity contribution >= 4 is 22.0 Å². The van der Waals surface area contributed by atoms with Crippen LogP contribution in [0.1, 0.15) is 23.5 Å². The van der Waals surface area contributed by atoms with Gasteiger partial charge in [-0.25, -0.2) is 0 Å². The number of aliphatic hydroxyl groups excluding tert-OH is 1. The molecule has 0 amide bonds. The van der Waals surface area contributed by atoms with Crippen LogP contribution >= 0.6 is 11.3 Å². The molecule has 0 aromatic carbocycles. The van der Waals surface area contributed by atoms with Gasteiger partial charge in [-0.05, 0) is 31.0 Å². The summed E-state index contributed by atoms with van der Waals surface area (Å²) in [5.74, 6) is 0. The van der Waals surface area contributed by atoms with Gasteiger partial charge in [0, 0.05) is 36.9 Å². The number of rotatable bonds is 6. The molecule has 2 aromatic heterocycles. The van der Waals surface area contributed by atoms with Gasteiger partial charge in [-0.1, -0.05) is 0 Å². The molecule has 0 radical (unpaired) electrons. The van der Waals surface area contributed by atoms with Crippen LogP contribution in [-0.4, -0.2) is 28.6 Å². The third kappa shape index (κ3) is 3.77. The predicted octanol–water partition coefficient (Wildman–Crippen LogP) is 2.78. The second-order valence-corrected chi connectivity index (χ2v) is 5.86. The smallest absolute Gasteiger partial charge is 0.304 e. The number of pyridine rings is 1. The Balaban J connectivity index is 2.14. The largest absolute Gasteiger partial charge is 0.388 e. The number of anilines is 1. The molecule has 1 unspecified atom stereocenters. The van der Waals surface area contributed by atoms with E-state index in [2.05, 4.69) is 4.98 Å². The second kappa shape index (κ2) is 6.64. The van der Waals surface area contributed by atoms with E-state index >= 15 is 0 Å². The van der Waals surface area contributed by atoms with Gasteiger partial charge in [-0.3, -0.25) is 15.1 Å². The van der Waals surface area contributed by atoms with Crippen molar-refractivity contribution in [1.82, 2.24) is 4.98 Å². The Morgan fingerprint density at radius 3 is 2.71 bits per heavy atom. The highest BCUT2D eigenvalue weighted by Gasteiger charge is 2.23. The lowest BCUT2D eigenvalue weighted by molar-refractivity contribution is -0.383. The maximum absolute atomic E-state index is 11.1. The minimum atomic E-state index is -0.698. The van der Waals surface area contributed by atoms with E-state index in [0.717, 1.165) is 12.0 Å². The van der Waals surface area contributed by atoms with Gasteiger partial charge in [0.15, 0.2) is 5.00 Å². The van der Waals surface area contributed by atoms with Crippen LogP contribution in [0.4, 0.5) is 10.7 Å². The third-order valence-electron chi connectivity index (χ3n) is 3.15. The number of thiophene rings is 1. The zero-order chi connectivity index (χ0) is 15.4. The highest BCUT2D eigenvalue weighted by molar-refractivity contribution is 7.16. The summed E-state index contributed by atoms with van der Waals surface area (Å²) >= 11 is 1.26. The number of nitro groups is 1. The zero-order valence-corrected chi connectivity index (χ0v) is 12.7. The van der Waals surface area contributed by atoms with Gasteiger partial charge >= 0.3 is 5.69 Å². The van der Waals surface area contributed by atoms with Crippen molar-refractivity contribution in [2.75, 3.05) is 18.5 Å². The molecule has 6 nitrogen and oxygen atoms in total. The number of aliphatic hydroxyl groups is 1. The molecule has 7 heteroatoms. The van der Waals surface area contributed by atoms with Crippen molar-refractivity contribution in [1.29, 1.82) is 0 Å². The summed E-state index contributed by atoms with van der Waals surface area (Å²) in [5, 5.41) is 21.3. The first kappa shape index (κ1) is 15.4. The Kier molecular flexibility index (Phi) is 4.87. The van der Waals surface area contributed by atoms with Crippen LogP contribution < -0.4 is 4.90 Å². The first-order chi connectivity index (χ1) is 9.99. The summed E-state index contributed by atoms with van der Waals surface area (Å²) in [6.07, 6.45) is 3.54. The molecule has 0 aliphatic carbocycles. The van der Waals surface area contributed by atoms with E-state index in [0.29, 0.717) is 16.4 Å². The third-order valence-corrected chi connectivity index (χ3v) is 4.56. The molecule has 0 aliphatic rings. The van der Waals surface area contributed by atoms with E-state index in [1.807, 2.05) is 24.1 Å². The summed E-state index contributed by atoms with van der Waals surface area (Å²) in [6, 6.07) is 5.31. The monoisotopic (exact) mass is 307 g/mol. The highest BCUT2D eigenvalue weighted by Crippen LogP contribution is 2.39. The fourth-order valence-corrected chi connectivity index (χ4v) is 3.00. The summed E-state index contributed by atoms with van der Waals surface area (Å²) in [6.45, 7) is 2.26. The molecule has 0 fully saturated rings. The molecule has 0 aliphatic heterocycles. The van der Waals surface area contributed by atoms with Crippen molar-refractivity contribution in [3.8, 4) is 0 Å². The lowest BCUT2D eigenvalue weighted by atomic mass is 10.2. The van der Waals surface area contributed by atoms with E-state index in [4.69, 9.17) is 0 Å². The first-order valence-corrected chi connectivity index (χ1v) is 7.37. The average molecular weight is 307 g/mol. The van der Waals surface area contributed by atoms with E-state index in [-0.39, 0.29) is 5.69 Å². The highest BCUT2D eigenvalue weighted by atomic mass is 32.1. The zero-order valence-electron chi connectivity index (χ0n) is 11.9. The molecule has 0 spiro atoms. The standard InChI is InChI=1S/C14H17N3O3S/c1-10(18)13-9-12(17(19)20)14(21-13)16(2)8-5-11-3-6-15-7-4-11/h3-4,6-7,9-10,18H,5,8H2,1-2H3. The van der Waals surface area contributed by atoms with Crippen molar-refractivity contribution in [2.45, 2.75) is 19.4 Å². The summed E-state index contributed by atoms with van der Waals surface area (Å²) in [4.78, 5) is 17.2. The van der Waals surface area contributed by atoms with E-state index in [1.165, 1.54) is 17.4 Å². The molecule has 0 bridgehead atoms. The summed E-state index contributed by atoms with van der Waals surface area (Å²) in [5.41, 5.74) is 1.18. The Hall–Kier alpha value is -1.99. The molecule has 0 saturated carbocycles. The van der Waals surface area contributed by atoms with Crippen LogP contribution in [0.5, 0.6) is 0 Å². The van der Waals surface area contributed by atoms with E-state index in [1.54, 1.807) is 19.3 Å². The topological polar surface area (TPSA) is 79.5 Å². The van der Waals surface area contributed by atoms with Gasteiger partial charge in [-0.15, -0.1) is 11.3 Å². The second-order valence-electron chi connectivity index (χ2n) is 4.80. The van der Waals surface area contributed by atoms with Crippen molar-refractivity contribution in [2.24, 2.45) is 0 Å². The SMILES string of the molecule is CC(O)c1cc([N+](=O)[O-])c(N(C)CCc2ccncc2)s1. The van der Waals surface area contributed by atoms with E-state index in [9.17, 15) is 15.2 Å². The van der Waals surface area contributed by atoms with Gasteiger partial charge in [0.05, 0.1) is 11.0 Å². The number of hydrogen-bond donors (Lipinski definition) is 1. The van der Waals surface area contributed by atoms with Crippen molar-refractivity contribution in [3.05, 3.63) is 51.1 Å². The normalized spacial score (nSPS) is 12.1. The molecule has 21 heavy (non-hydrogen) atoms. The Morgan fingerprint density at radius 1 is 1.48 bits per heavy atom. The van der Waals surface area contributed by atoms with Crippen LogP contribution in [-0.2, 0) is 6.42 Å². The van der Waals surface area contributed by atoms with Crippen LogP contribution in [0.15, 0.2) is 30.6 Å². The summed E-state index contributed by atoms with van der Waals surface area (Å²) < 4.78 is 0. The van der Waals surface area contributed by atoms with Crippen LogP contribution in [0.2, 0.25) is 0 Å². The fourth-order valence-electron chi connectivity index (χ4n) is 1.95. The maximum atomic E-state index is 11.1. The number of likely N-dealkylation sites (N-methyl/N-ethyl adjacent to an activating group) is 1. The first-order valence-electron chi connectivity index (χ1n) is 6.55. The molecule has 112 valence electrons. The molecule has 1 N–H and O–H groups in total. The van der Waals surface area contributed by atoms with Crippen molar-refractivity contribution in [3.63, 3.8) is 0 Å². The number of hydrogen-bond acceptors (Lipinski definition) is 6. The van der Waals surface area contributed by atoms with Gasteiger partial charge in [0.25, 0.3) is 0 Å². The number of nitrogens with zero attached hydrogens (tertiary/aromatic N) is 3. The Bertz CT molecular complexity index is 613. The molecular formula is C14H17N3O3S. The molecule has 2 heterocycles. The van der Waals surface area contributed by atoms with Crippen LogP contribution in [0.3, 0.4) is 0 Å². The lowest BCUT2D eigenvalue weighted by Crippen LogP contribution is -2.20. The molecule has 0 saturated heterocycles. The average Bonchev–Trinajstić information content (AvgIpc) is 2.91. The van der Waals surface area contributed by atoms with Crippen LogP contribution in [0, 0.1) is 10.1 Å². The Morgan fingerprint density at radius 2 is 2.14 bits per heavy atom. The van der Waals surface area contributed by atoms with Crippen LogP contribution in [0.25, 0.3) is 0 Å². The Labute approximate surface area is 126 Å². The van der Waals surface area contributed by atoms with Gasteiger partial charge in [0.2, 0.25) is 0 Å². The van der Waals surface area contributed by atoms with Gasteiger partial charge in [-0.2, -0.15) is 0 Å². The summed E-state index contributed by atoms with van der Waals surface area (Å²) in [7, 11) is 1.83. The molecular weight excluding hydrogens is 290 g/mol. The van der Waals surface area contributed by atoms with Gasteiger partial charge in [0.1, 0.15) is 0 Å². The quantitative estimate of drug-likeness (QED) is 0.655. The minimum Gasteiger partial charge on any atom is -0.388 e. The number of aromatic nitrogens is 1. The maximum Gasteiger partial charge on any atom is 0.304 e. The predicted molar refractivity (Wildman–Crippen MR) is 82.8 cm³/mol. The fraction of sp³-hybridized carbons (Fsp3) is 0.357. The van der Waals surface area contributed by atoms with E-state index < -0.39 is 11.0 Å². The molecule has 2 rings (SSSR count). The van der Waals surface area contributed by atoms with Crippen molar-refractivity contribution < 1.29 is 10.0 Å². The lowest BCUT2D eigenvalue weighted by Gasteiger charge is -2.16. The van der Waals surface area contributed by atoms with Gasteiger partial charge < -0.3 is 10.0 Å².